The highest BCUT2D eigenvalue weighted by Gasteiger charge is 2.41. The molecular formula is C25H34NO4P. The first-order chi connectivity index (χ1) is 15.0. The van der Waals surface area contributed by atoms with Crippen molar-refractivity contribution in [2.75, 3.05) is 19.8 Å². The van der Waals surface area contributed by atoms with Crippen LogP contribution in [0.25, 0.3) is 11.1 Å². The number of hydrogen-bond acceptors (Lipinski definition) is 4. The van der Waals surface area contributed by atoms with Gasteiger partial charge in [0, 0.05) is 6.54 Å². The second-order valence-corrected chi connectivity index (χ2v) is 10.0. The van der Waals surface area contributed by atoms with Crippen LogP contribution in [0.1, 0.15) is 75.2 Å². The minimum atomic E-state index is -3.37. The summed E-state index contributed by atoms with van der Waals surface area (Å²) in [4.78, 5) is 13.1. The summed E-state index contributed by atoms with van der Waals surface area (Å²) in [6.07, 6.45) is 2.42. The van der Waals surface area contributed by atoms with Crippen LogP contribution in [0.15, 0.2) is 42.5 Å². The fraction of sp³-hybridized carbons (Fsp3) is 0.480. The predicted octanol–water partition coefficient (Wildman–Crippen LogP) is 6.43. The highest BCUT2D eigenvalue weighted by Crippen LogP contribution is 2.65. The van der Waals surface area contributed by atoms with Crippen LogP contribution < -0.4 is 5.32 Å². The molecule has 2 atom stereocenters. The summed E-state index contributed by atoms with van der Waals surface area (Å²) < 4.78 is 25.4. The molecule has 0 bridgehead atoms. The number of benzene rings is 2. The van der Waals surface area contributed by atoms with Gasteiger partial charge in [-0.15, -0.1) is 0 Å². The first-order valence-corrected chi connectivity index (χ1v) is 13.0. The Morgan fingerprint density at radius 1 is 0.968 bits per heavy atom. The molecule has 2 unspecified atom stereocenters. The van der Waals surface area contributed by atoms with Gasteiger partial charge in [-0.2, -0.15) is 0 Å². The monoisotopic (exact) mass is 443 g/mol. The topological polar surface area (TPSA) is 64.6 Å². The third kappa shape index (κ3) is 4.64. The maximum Gasteiger partial charge on any atom is 0.338 e. The van der Waals surface area contributed by atoms with E-state index in [2.05, 4.69) is 18.3 Å². The van der Waals surface area contributed by atoms with E-state index in [4.69, 9.17) is 9.05 Å². The lowest BCUT2D eigenvalue weighted by Crippen LogP contribution is -2.29. The Kier molecular flexibility index (Phi) is 8.10. The van der Waals surface area contributed by atoms with Crippen LogP contribution in [0.5, 0.6) is 0 Å². The van der Waals surface area contributed by atoms with Gasteiger partial charge >= 0.3 is 7.60 Å². The lowest BCUT2D eigenvalue weighted by Gasteiger charge is -2.28. The molecule has 5 nitrogen and oxygen atoms in total. The van der Waals surface area contributed by atoms with Gasteiger partial charge in [-0.25, -0.2) is 0 Å². The summed E-state index contributed by atoms with van der Waals surface area (Å²) >= 11 is 0. The van der Waals surface area contributed by atoms with E-state index in [0.717, 1.165) is 40.7 Å². The summed E-state index contributed by atoms with van der Waals surface area (Å²) in [5.74, 6) is -0.353. The molecule has 0 saturated heterocycles. The first-order valence-electron chi connectivity index (χ1n) is 11.4. The van der Waals surface area contributed by atoms with Crippen molar-refractivity contribution in [1.29, 1.82) is 0 Å². The maximum atomic E-state index is 13.8. The summed E-state index contributed by atoms with van der Waals surface area (Å²) in [5, 5.41) is 3.06. The zero-order valence-electron chi connectivity index (χ0n) is 19.0. The molecule has 0 fully saturated rings. The van der Waals surface area contributed by atoms with Gasteiger partial charge in [-0.3, -0.25) is 9.36 Å². The number of nitrogens with one attached hydrogen (secondary N) is 1. The molecule has 168 valence electrons. The van der Waals surface area contributed by atoms with E-state index in [9.17, 15) is 9.36 Å². The minimum Gasteiger partial charge on any atom is -0.355 e. The third-order valence-corrected chi connectivity index (χ3v) is 8.25. The van der Waals surface area contributed by atoms with Gasteiger partial charge in [-0.1, -0.05) is 62.7 Å². The summed E-state index contributed by atoms with van der Waals surface area (Å²) in [6.45, 7) is 9.10. The second-order valence-electron chi connectivity index (χ2n) is 7.80. The largest absolute Gasteiger partial charge is 0.355 e. The van der Waals surface area contributed by atoms with Crippen molar-refractivity contribution in [3.8, 4) is 11.1 Å². The number of carbonyl (C=O) groups excluding carboxylic acids is 1. The van der Waals surface area contributed by atoms with Crippen molar-refractivity contribution in [2.45, 2.75) is 58.5 Å². The van der Waals surface area contributed by atoms with E-state index in [1.54, 1.807) is 0 Å². The molecule has 1 aliphatic rings. The average molecular weight is 444 g/mol. The van der Waals surface area contributed by atoms with Gasteiger partial charge in [0.1, 0.15) is 0 Å². The highest BCUT2D eigenvalue weighted by atomic mass is 31.2. The van der Waals surface area contributed by atoms with E-state index < -0.39 is 7.60 Å². The zero-order valence-corrected chi connectivity index (χ0v) is 19.9. The Labute approximate surface area is 186 Å². The number of carbonyl (C=O) groups is 1. The van der Waals surface area contributed by atoms with Gasteiger partial charge in [0.05, 0.1) is 24.8 Å². The fourth-order valence-corrected chi connectivity index (χ4v) is 6.81. The Morgan fingerprint density at radius 2 is 1.65 bits per heavy atom. The van der Waals surface area contributed by atoms with Gasteiger partial charge in [0.2, 0.25) is 5.91 Å². The summed E-state index contributed by atoms with van der Waals surface area (Å²) in [5.41, 5.74) is 4.57. The average Bonchev–Trinajstić information content (AvgIpc) is 3.11. The quantitative estimate of drug-likeness (QED) is 0.406. The van der Waals surface area contributed by atoms with Crippen molar-refractivity contribution in [3.05, 3.63) is 59.2 Å². The molecule has 3 rings (SSSR count). The Balaban J connectivity index is 2.19. The molecule has 0 aromatic heterocycles. The van der Waals surface area contributed by atoms with Crippen LogP contribution in [0.4, 0.5) is 0 Å². The molecule has 0 heterocycles. The Hall–Kier alpha value is -1.94. The van der Waals surface area contributed by atoms with Crippen LogP contribution in [-0.4, -0.2) is 25.7 Å². The lowest BCUT2D eigenvalue weighted by molar-refractivity contribution is -0.121. The van der Waals surface area contributed by atoms with Gasteiger partial charge in [-0.05, 0) is 54.5 Å². The van der Waals surface area contributed by atoms with Crippen molar-refractivity contribution < 1.29 is 18.4 Å². The van der Waals surface area contributed by atoms with Crippen LogP contribution in [0.2, 0.25) is 0 Å². The van der Waals surface area contributed by atoms with E-state index in [1.807, 2.05) is 57.2 Å². The molecule has 1 amide bonds. The fourth-order valence-electron chi connectivity index (χ4n) is 4.53. The molecule has 2 aromatic rings. The van der Waals surface area contributed by atoms with E-state index in [0.29, 0.717) is 26.2 Å². The van der Waals surface area contributed by atoms with Crippen molar-refractivity contribution in [2.24, 2.45) is 0 Å². The first kappa shape index (κ1) is 23.7. The smallest absolute Gasteiger partial charge is 0.338 e. The number of rotatable bonds is 11. The third-order valence-electron chi connectivity index (χ3n) is 5.71. The van der Waals surface area contributed by atoms with Gasteiger partial charge in [0.15, 0.2) is 0 Å². The molecule has 0 radical (unpaired) electrons. The highest BCUT2D eigenvalue weighted by molar-refractivity contribution is 7.54. The molecule has 2 aromatic carbocycles. The number of amides is 1. The van der Waals surface area contributed by atoms with Crippen molar-refractivity contribution in [3.63, 3.8) is 0 Å². The molecular weight excluding hydrogens is 409 g/mol. The lowest BCUT2D eigenvalue weighted by atomic mass is 9.93. The van der Waals surface area contributed by atoms with Crippen LogP contribution in [0, 0.1) is 0 Å². The standard InChI is InChI=1S/C25H34NO4P/c1-5-12-22(31(28,29-7-3)30-8-4)20-15-11-16-21-23(20)18-13-9-10-14-19(18)24(21)25(27)26-17-6-2/h9-11,13-16,22,24H,5-8,12,17H2,1-4H3,(H,26,27). The molecule has 31 heavy (non-hydrogen) atoms. The zero-order chi connectivity index (χ0) is 22.4. The van der Waals surface area contributed by atoms with Crippen LogP contribution in [0.3, 0.4) is 0 Å². The summed E-state index contributed by atoms with van der Waals surface area (Å²) in [7, 11) is -3.37. The molecule has 6 heteroatoms. The molecule has 1 N–H and O–H groups in total. The molecule has 0 spiro atoms. The normalized spacial score (nSPS) is 15.9. The second kappa shape index (κ2) is 10.6. The Bertz CT molecular complexity index is 948. The summed E-state index contributed by atoms with van der Waals surface area (Å²) in [6, 6.07) is 14.0. The van der Waals surface area contributed by atoms with Crippen molar-refractivity contribution in [1.82, 2.24) is 5.32 Å². The Morgan fingerprint density at radius 3 is 2.29 bits per heavy atom. The molecule has 0 saturated carbocycles. The molecule has 0 aliphatic heterocycles. The van der Waals surface area contributed by atoms with E-state index in [1.165, 1.54) is 0 Å². The van der Waals surface area contributed by atoms with E-state index in [-0.39, 0.29) is 17.5 Å². The van der Waals surface area contributed by atoms with Crippen molar-refractivity contribution >= 4 is 13.5 Å². The number of fused-ring (bicyclic) bond motifs is 3. The van der Waals surface area contributed by atoms with Crippen LogP contribution >= 0.6 is 7.60 Å². The minimum absolute atomic E-state index is 0.00930. The maximum absolute atomic E-state index is 13.8. The SMILES string of the molecule is CCCNC(=O)C1c2ccccc2-c2c1cccc2C(CCC)P(=O)(OCC)OCC. The predicted molar refractivity (Wildman–Crippen MR) is 126 cm³/mol. The van der Waals surface area contributed by atoms with Gasteiger partial charge in [0.25, 0.3) is 0 Å². The van der Waals surface area contributed by atoms with Crippen LogP contribution in [-0.2, 0) is 18.4 Å². The number of hydrogen-bond donors (Lipinski definition) is 1. The van der Waals surface area contributed by atoms with Gasteiger partial charge < -0.3 is 14.4 Å². The molecule has 1 aliphatic carbocycles. The van der Waals surface area contributed by atoms with E-state index >= 15 is 0 Å².